The Hall–Kier alpha value is -4.31. The standard InChI is InChI=1S/C25H19FN2O4/c1-2-23(29)28(18-12-13-21-22(14-18)32-16-31-21)24(19-10-6-7-11-20(19)26)25(30)27-15-17-8-4-3-5-9-17/h1,3-14,24H,15-16H2,(H,27,30). The van der Waals surface area contributed by atoms with E-state index in [9.17, 15) is 14.0 Å². The quantitative estimate of drug-likeness (QED) is 0.607. The molecule has 0 spiro atoms. The number of ether oxygens (including phenoxy) is 2. The first kappa shape index (κ1) is 20.9. The summed E-state index contributed by atoms with van der Waals surface area (Å²) in [6, 6.07) is 18.4. The lowest BCUT2D eigenvalue weighted by Crippen LogP contribution is -2.43. The van der Waals surface area contributed by atoms with Crippen molar-refractivity contribution in [3.8, 4) is 23.8 Å². The van der Waals surface area contributed by atoms with E-state index < -0.39 is 23.7 Å². The van der Waals surface area contributed by atoms with Crippen LogP contribution in [0.2, 0.25) is 0 Å². The van der Waals surface area contributed by atoms with Gasteiger partial charge in [0.15, 0.2) is 11.5 Å². The number of benzene rings is 3. The summed E-state index contributed by atoms with van der Waals surface area (Å²) < 4.78 is 25.5. The molecule has 6 nitrogen and oxygen atoms in total. The van der Waals surface area contributed by atoms with Gasteiger partial charge in [0.1, 0.15) is 11.9 Å². The number of terminal acetylenes is 1. The molecule has 2 amide bonds. The average molecular weight is 430 g/mol. The minimum atomic E-state index is -1.34. The summed E-state index contributed by atoms with van der Waals surface area (Å²) in [7, 11) is 0. The van der Waals surface area contributed by atoms with Gasteiger partial charge in [-0.15, -0.1) is 6.42 Å². The van der Waals surface area contributed by atoms with E-state index in [1.54, 1.807) is 18.2 Å². The highest BCUT2D eigenvalue weighted by molar-refractivity contribution is 6.09. The molecule has 0 aliphatic carbocycles. The van der Waals surface area contributed by atoms with Gasteiger partial charge in [-0.05, 0) is 29.7 Å². The molecule has 32 heavy (non-hydrogen) atoms. The predicted octanol–water partition coefficient (Wildman–Crippen LogP) is 3.58. The maximum atomic E-state index is 14.8. The van der Waals surface area contributed by atoms with Crippen LogP contribution in [-0.4, -0.2) is 18.6 Å². The van der Waals surface area contributed by atoms with Crippen LogP contribution in [0.4, 0.5) is 10.1 Å². The number of nitrogens with one attached hydrogen (secondary N) is 1. The molecule has 0 aromatic heterocycles. The van der Waals surface area contributed by atoms with Crippen LogP contribution < -0.4 is 19.7 Å². The van der Waals surface area contributed by atoms with Crippen molar-refractivity contribution in [1.82, 2.24) is 5.32 Å². The van der Waals surface area contributed by atoms with Gasteiger partial charge in [0, 0.05) is 23.9 Å². The lowest BCUT2D eigenvalue weighted by molar-refractivity contribution is -0.125. The minimum absolute atomic E-state index is 0.0133. The zero-order valence-corrected chi connectivity index (χ0v) is 17.0. The van der Waals surface area contributed by atoms with E-state index in [2.05, 4.69) is 5.32 Å². The maximum Gasteiger partial charge on any atom is 0.303 e. The van der Waals surface area contributed by atoms with E-state index in [1.165, 1.54) is 24.3 Å². The van der Waals surface area contributed by atoms with Gasteiger partial charge >= 0.3 is 5.91 Å². The fourth-order valence-corrected chi connectivity index (χ4v) is 3.46. The molecule has 0 radical (unpaired) electrons. The highest BCUT2D eigenvalue weighted by atomic mass is 19.1. The summed E-state index contributed by atoms with van der Waals surface area (Å²) in [4.78, 5) is 27.3. The number of hydrogen-bond donors (Lipinski definition) is 1. The molecule has 160 valence electrons. The van der Waals surface area contributed by atoms with Crippen LogP contribution >= 0.6 is 0 Å². The Morgan fingerprint density at radius 3 is 2.50 bits per heavy atom. The number of rotatable bonds is 6. The van der Waals surface area contributed by atoms with Gasteiger partial charge in [0.25, 0.3) is 0 Å². The third-order valence-corrected chi connectivity index (χ3v) is 4.99. The normalized spacial score (nSPS) is 12.5. The molecule has 1 aliphatic rings. The largest absolute Gasteiger partial charge is 0.454 e. The summed E-state index contributed by atoms with van der Waals surface area (Å²) >= 11 is 0. The maximum absolute atomic E-state index is 14.8. The van der Waals surface area contributed by atoms with Crippen molar-refractivity contribution in [3.05, 3.63) is 89.7 Å². The molecular weight excluding hydrogens is 411 g/mol. The van der Waals surface area contributed by atoms with Crippen molar-refractivity contribution >= 4 is 17.5 Å². The number of hydrogen-bond acceptors (Lipinski definition) is 4. The van der Waals surface area contributed by atoms with Gasteiger partial charge in [-0.2, -0.15) is 0 Å². The van der Waals surface area contributed by atoms with Crippen molar-refractivity contribution < 1.29 is 23.5 Å². The van der Waals surface area contributed by atoms with Gasteiger partial charge in [0.05, 0.1) is 0 Å². The minimum Gasteiger partial charge on any atom is -0.454 e. The first-order valence-corrected chi connectivity index (χ1v) is 9.84. The van der Waals surface area contributed by atoms with E-state index in [4.69, 9.17) is 15.9 Å². The molecule has 0 bridgehead atoms. The van der Waals surface area contributed by atoms with Crippen molar-refractivity contribution in [2.75, 3.05) is 11.7 Å². The summed E-state index contributed by atoms with van der Waals surface area (Å²) in [5, 5.41) is 2.78. The van der Waals surface area contributed by atoms with E-state index >= 15 is 0 Å². The molecule has 3 aromatic carbocycles. The Balaban J connectivity index is 1.75. The monoisotopic (exact) mass is 430 g/mol. The van der Waals surface area contributed by atoms with Crippen LogP contribution in [0, 0.1) is 18.2 Å². The first-order valence-electron chi connectivity index (χ1n) is 9.84. The molecule has 1 aliphatic heterocycles. The van der Waals surface area contributed by atoms with Gasteiger partial charge in [0.2, 0.25) is 12.7 Å². The van der Waals surface area contributed by atoms with Crippen molar-refractivity contribution in [2.24, 2.45) is 0 Å². The smallest absolute Gasteiger partial charge is 0.303 e. The number of anilines is 1. The third kappa shape index (κ3) is 4.25. The summed E-state index contributed by atoms with van der Waals surface area (Å²) in [5.74, 6) is 0.919. The topological polar surface area (TPSA) is 67.9 Å². The van der Waals surface area contributed by atoms with Gasteiger partial charge in [-0.3, -0.25) is 14.5 Å². The molecular formula is C25H19FN2O4. The Kier molecular flexibility index (Phi) is 6.04. The Bertz CT molecular complexity index is 1190. The Labute approximate surface area is 184 Å². The molecule has 0 fully saturated rings. The number of carbonyl (C=O) groups is 2. The second-order valence-electron chi connectivity index (χ2n) is 6.98. The van der Waals surface area contributed by atoms with Crippen LogP contribution in [-0.2, 0) is 16.1 Å². The van der Waals surface area contributed by atoms with Gasteiger partial charge in [-0.25, -0.2) is 4.39 Å². The zero-order valence-electron chi connectivity index (χ0n) is 17.0. The molecule has 7 heteroatoms. The summed E-state index contributed by atoms with van der Waals surface area (Å²) in [5.41, 5.74) is 1.14. The van der Waals surface area contributed by atoms with Crippen molar-refractivity contribution in [1.29, 1.82) is 0 Å². The number of nitrogens with zero attached hydrogens (tertiary/aromatic N) is 1. The summed E-state index contributed by atoms with van der Waals surface area (Å²) in [6.45, 7) is 0.236. The first-order chi connectivity index (χ1) is 15.6. The molecule has 4 rings (SSSR count). The van der Waals surface area contributed by atoms with Gasteiger partial charge in [-0.1, -0.05) is 48.5 Å². The average Bonchev–Trinajstić information content (AvgIpc) is 3.30. The Morgan fingerprint density at radius 1 is 1.03 bits per heavy atom. The van der Waals surface area contributed by atoms with Crippen LogP contribution in [0.5, 0.6) is 11.5 Å². The molecule has 0 saturated carbocycles. The van der Waals surface area contributed by atoms with E-state index in [-0.39, 0.29) is 24.6 Å². The lowest BCUT2D eigenvalue weighted by atomic mass is 10.0. The van der Waals surface area contributed by atoms with E-state index in [0.29, 0.717) is 11.5 Å². The van der Waals surface area contributed by atoms with E-state index in [0.717, 1.165) is 10.5 Å². The van der Waals surface area contributed by atoms with Crippen LogP contribution in [0.1, 0.15) is 17.2 Å². The molecule has 0 saturated heterocycles. The van der Waals surface area contributed by atoms with Crippen LogP contribution in [0.3, 0.4) is 0 Å². The molecule has 3 aromatic rings. The molecule has 1 unspecified atom stereocenters. The number of fused-ring (bicyclic) bond motifs is 1. The fraction of sp³-hybridized carbons (Fsp3) is 0.120. The second kappa shape index (κ2) is 9.23. The lowest BCUT2D eigenvalue weighted by Gasteiger charge is -2.30. The molecule has 1 heterocycles. The number of carbonyl (C=O) groups excluding carboxylic acids is 2. The zero-order chi connectivity index (χ0) is 22.5. The summed E-state index contributed by atoms with van der Waals surface area (Å²) in [6.07, 6.45) is 5.42. The highest BCUT2D eigenvalue weighted by Crippen LogP contribution is 2.38. The second-order valence-corrected chi connectivity index (χ2v) is 6.98. The molecule has 1 atom stereocenters. The molecule has 1 N–H and O–H groups in total. The third-order valence-electron chi connectivity index (χ3n) is 4.99. The van der Waals surface area contributed by atoms with Crippen LogP contribution in [0.25, 0.3) is 0 Å². The Morgan fingerprint density at radius 2 is 1.75 bits per heavy atom. The number of amides is 2. The fourth-order valence-electron chi connectivity index (χ4n) is 3.46. The predicted molar refractivity (Wildman–Crippen MR) is 116 cm³/mol. The van der Waals surface area contributed by atoms with Gasteiger partial charge < -0.3 is 14.8 Å². The SMILES string of the molecule is C#CC(=O)N(c1ccc2c(c1)OCO2)C(C(=O)NCc1ccccc1)c1ccccc1F. The van der Waals surface area contributed by atoms with Crippen molar-refractivity contribution in [2.45, 2.75) is 12.6 Å². The number of halogens is 1. The van der Waals surface area contributed by atoms with Crippen molar-refractivity contribution in [3.63, 3.8) is 0 Å². The highest BCUT2D eigenvalue weighted by Gasteiger charge is 2.34. The van der Waals surface area contributed by atoms with E-state index in [1.807, 2.05) is 36.3 Å². The van der Waals surface area contributed by atoms with Crippen LogP contribution in [0.15, 0.2) is 72.8 Å².